The van der Waals surface area contributed by atoms with E-state index in [-0.39, 0.29) is 17.8 Å². The summed E-state index contributed by atoms with van der Waals surface area (Å²) in [5.74, 6) is -0.322. The molecule has 1 aliphatic rings. The molecule has 4 rings (SSSR count). The van der Waals surface area contributed by atoms with Crippen molar-refractivity contribution in [3.05, 3.63) is 82.3 Å². The molecule has 5 heteroatoms. The van der Waals surface area contributed by atoms with Crippen molar-refractivity contribution in [2.24, 2.45) is 0 Å². The highest BCUT2D eigenvalue weighted by Crippen LogP contribution is 2.29. The molecule has 1 aromatic heterocycles. The van der Waals surface area contributed by atoms with Crippen LogP contribution in [0.5, 0.6) is 0 Å². The van der Waals surface area contributed by atoms with Gasteiger partial charge in [-0.1, -0.05) is 42.5 Å². The van der Waals surface area contributed by atoms with Gasteiger partial charge >= 0.3 is 0 Å². The van der Waals surface area contributed by atoms with Gasteiger partial charge in [0.25, 0.3) is 5.91 Å². The summed E-state index contributed by atoms with van der Waals surface area (Å²) in [4.78, 5) is 16.0. The lowest BCUT2D eigenvalue weighted by molar-refractivity contribution is 0.0941. The number of likely N-dealkylation sites (tertiary alicyclic amines) is 1. The predicted octanol–water partition coefficient (Wildman–Crippen LogP) is 5.12. The Kier molecular flexibility index (Phi) is 5.55. The van der Waals surface area contributed by atoms with E-state index in [4.69, 9.17) is 0 Å². The number of halogens is 1. The zero-order chi connectivity index (χ0) is 19.5. The predicted molar refractivity (Wildman–Crippen MR) is 112 cm³/mol. The van der Waals surface area contributed by atoms with Gasteiger partial charge in [-0.05, 0) is 48.1 Å². The van der Waals surface area contributed by atoms with E-state index in [9.17, 15) is 9.18 Å². The zero-order valence-corrected chi connectivity index (χ0v) is 16.6. The number of thiophene rings is 1. The first-order valence-corrected chi connectivity index (χ1v) is 10.4. The third-order valence-electron chi connectivity index (χ3n) is 5.41. The number of hydrogen-bond donors (Lipinski definition) is 1. The Bertz CT molecular complexity index is 939. The van der Waals surface area contributed by atoms with Crippen LogP contribution in [0.2, 0.25) is 0 Å². The molecule has 144 valence electrons. The fourth-order valence-corrected chi connectivity index (χ4v) is 4.61. The first kappa shape index (κ1) is 18.8. The van der Waals surface area contributed by atoms with E-state index in [0.29, 0.717) is 10.9 Å². The number of amides is 1. The van der Waals surface area contributed by atoms with Crippen molar-refractivity contribution in [2.45, 2.75) is 25.4 Å². The van der Waals surface area contributed by atoms with Crippen molar-refractivity contribution >= 4 is 17.2 Å². The molecule has 0 aliphatic carbocycles. The van der Waals surface area contributed by atoms with E-state index in [2.05, 4.69) is 41.4 Å². The van der Waals surface area contributed by atoms with Crippen molar-refractivity contribution in [1.82, 2.24) is 10.2 Å². The maximum atomic E-state index is 13.2. The molecule has 2 heterocycles. The minimum atomic E-state index is -0.274. The van der Waals surface area contributed by atoms with Crippen LogP contribution in [0.4, 0.5) is 4.39 Å². The van der Waals surface area contributed by atoms with Gasteiger partial charge in [0.05, 0.1) is 4.88 Å². The van der Waals surface area contributed by atoms with Crippen LogP contribution in [0, 0.1) is 5.82 Å². The fraction of sp³-hybridized carbons (Fsp3) is 0.261. The van der Waals surface area contributed by atoms with Crippen LogP contribution in [0.1, 0.15) is 34.6 Å². The Hall–Kier alpha value is -2.50. The average Bonchev–Trinajstić information content (AvgIpc) is 3.38. The molecular formula is C23H23FN2OS. The number of nitrogens with zero attached hydrogens (tertiary/aromatic N) is 1. The smallest absolute Gasteiger partial charge is 0.262 e. The molecule has 1 aliphatic heterocycles. The summed E-state index contributed by atoms with van der Waals surface area (Å²) in [5, 5.41) is 5.10. The lowest BCUT2D eigenvalue weighted by Gasteiger charge is -2.24. The Morgan fingerprint density at radius 3 is 2.64 bits per heavy atom. The third-order valence-corrected chi connectivity index (χ3v) is 6.32. The number of rotatable bonds is 5. The van der Waals surface area contributed by atoms with Gasteiger partial charge in [0.15, 0.2) is 0 Å². The first-order chi connectivity index (χ1) is 13.6. The molecule has 0 bridgehead atoms. The van der Waals surface area contributed by atoms with Gasteiger partial charge in [-0.15, -0.1) is 11.3 Å². The number of carbonyl (C=O) groups excluding carboxylic acids is 1. The van der Waals surface area contributed by atoms with Gasteiger partial charge in [0.1, 0.15) is 5.82 Å². The van der Waals surface area contributed by atoms with Gasteiger partial charge in [-0.2, -0.15) is 0 Å². The number of carbonyl (C=O) groups is 1. The number of nitrogens with one attached hydrogen (secondary N) is 1. The fourth-order valence-electron chi connectivity index (χ4n) is 3.79. The second kappa shape index (κ2) is 8.25. The van der Waals surface area contributed by atoms with Crippen LogP contribution >= 0.6 is 11.3 Å². The maximum absolute atomic E-state index is 13.2. The SMILES string of the molecule is CC(c1ccccc1)N1CCC(NC(=O)c2sccc2-c2ccc(F)cc2)C1. The third kappa shape index (κ3) is 4.01. The van der Waals surface area contributed by atoms with Crippen molar-refractivity contribution < 1.29 is 9.18 Å². The minimum absolute atomic E-state index is 0.0476. The Morgan fingerprint density at radius 1 is 1.14 bits per heavy atom. The molecule has 1 N–H and O–H groups in total. The normalized spacial score (nSPS) is 18.1. The molecule has 3 aromatic rings. The monoisotopic (exact) mass is 394 g/mol. The second-order valence-electron chi connectivity index (χ2n) is 7.21. The van der Waals surface area contributed by atoms with E-state index < -0.39 is 0 Å². The molecular weight excluding hydrogens is 371 g/mol. The quantitative estimate of drug-likeness (QED) is 0.651. The summed E-state index contributed by atoms with van der Waals surface area (Å²) >= 11 is 1.42. The van der Waals surface area contributed by atoms with Gasteiger partial charge in [0.2, 0.25) is 0 Å². The molecule has 2 aromatic carbocycles. The van der Waals surface area contributed by atoms with Gasteiger partial charge in [-0.25, -0.2) is 4.39 Å². The second-order valence-corrected chi connectivity index (χ2v) is 8.13. The molecule has 0 saturated carbocycles. The van der Waals surface area contributed by atoms with Crippen molar-refractivity contribution in [3.8, 4) is 11.1 Å². The lowest BCUT2D eigenvalue weighted by atomic mass is 10.1. The standard InChI is InChI=1S/C23H23FN2OS/c1-16(17-5-3-2-4-6-17)26-13-11-20(15-26)25-23(27)22-21(12-14-28-22)18-7-9-19(24)10-8-18/h2-10,12,14,16,20H,11,13,15H2,1H3,(H,25,27). The van der Waals surface area contributed by atoms with Crippen molar-refractivity contribution in [3.63, 3.8) is 0 Å². The number of benzene rings is 2. The van der Waals surface area contributed by atoms with E-state index in [0.717, 1.165) is 30.6 Å². The molecule has 2 atom stereocenters. The Labute approximate surface area is 168 Å². The van der Waals surface area contributed by atoms with Crippen LogP contribution in [-0.4, -0.2) is 29.9 Å². The zero-order valence-electron chi connectivity index (χ0n) is 15.8. The van der Waals surface area contributed by atoms with E-state index in [1.807, 2.05) is 17.5 Å². The van der Waals surface area contributed by atoms with Crippen LogP contribution in [0.15, 0.2) is 66.0 Å². The summed E-state index contributed by atoms with van der Waals surface area (Å²) in [6.07, 6.45) is 0.945. The van der Waals surface area contributed by atoms with Gasteiger partial charge < -0.3 is 5.32 Å². The minimum Gasteiger partial charge on any atom is -0.347 e. The average molecular weight is 395 g/mol. The molecule has 0 spiro atoms. The van der Waals surface area contributed by atoms with Gasteiger partial charge in [-0.3, -0.25) is 9.69 Å². The van der Waals surface area contributed by atoms with Crippen LogP contribution in [0.25, 0.3) is 11.1 Å². The maximum Gasteiger partial charge on any atom is 0.262 e. The molecule has 1 saturated heterocycles. The largest absolute Gasteiger partial charge is 0.347 e. The number of hydrogen-bond acceptors (Lipinski definition) is 3. The van der Waals surface area contributed by atoms with Crippen molar-refractivity contribution in [2.75, 3.05) is 13.1 Å². The first-order valence-electron chi connectivity index (χ1n) is 9.55. The highest BCUT2D eigenvalue weighted by molar-refractivity contribution is 7.12. The molecule has 3 nitrogen and oxygen atoms in total. The summed E-state index contributed by atoms with van der Waals surface area (Å²) in [7, 11) is 0. The topological polar surface area (TPSA) is 32.3 Å². The molecule has 1 amide bonds. The molecule has 28 heavy (non-hydrogen) atoms. The highest BCUT2D eigenvalue weighted by Gasteiger charge is 2.28. The van der Waals surface area contributed by atoms with Crippen LogP contribution < -0.4 is 5.32 Å². The highest BCUT2D eigenvalue weighted by atomic mass is 32.1. The Balaban J connectivity index is 1.41. The summed E-state index contributed by atoms with van der Waals surface area (Å²) in [5.41, 5.74) is 3.01. The van der Waals surface area contributed by atoms with Crippen molar-refractivity contribution in [1.29, 1.82) is 0 Å². The summed E-state index contributed by atoms with van der Waals surface area (Å²) in [6, 6.07) is 19.1. The van der Waals surface area contributed by atoms with E-state index >= 15 is 0 Å². The lowest BCUT2D eigenvalue weighted by Crippen LogP contribution is -2.37. The summed E-state index contributed by atoms with van der Waals surface area (Å²) < 4.78 is 13.2. The summed E-state index contributed by atoms with van der Waals surface area (Å²) in [6.45, 7) is 4.03. The molecule has 2 unspecified atom stereocenters. The van der Waals surface area contributed by atoms with Crippen LogP contribution in [0.3, 0.4) is 0 Å². The van der Waals surface area contributed by atoms with Gasteiger partial charge in [0, 0.05) is 30.7 Å². The molecule has 1 fully saturated rings. The molecule has 0 radical (unpaired) electrons. The van der Waals surface area contributed by atoms with E-state index in [1.54, 1.807) is 12.1 Å². The van der Waals surface area contributed by atoms with E-state index in [1.165, 1.54) is 29.0 Å². The van der Waals surface area contributed by atoms with Crippen LogP contribution in [-0.2, 0) is 0 Å². The Morgan fingerprint density at radius 2 is 1.89 bits per heavy atom.